The Morgan fingerprint density at radius 3 is 2.69 bits per heavy atom. The molecule has 26 heavy (non-hydrogen) atoms. The van der Waals surface area contributed by atoms with Gasteiger partial charge in [0, 0.05) is 43.9 Å². The van der Waals surface area contributed by atoms with E-state index in [2.05, 4.69) is 32.1 Å². The van der Waals surface area contributed by atoms with Gasteiger partial charge in [0.2, 0.25) is 0 Å². The van der Waals surface area contributed by atoms with E-state index in [-0.39, 0.29) is 6.10 Å². The molecule has 2 aromatic heterocycles. The van der Waals surface area contributed by atoms with E-state index in [0.29, 0.717) is 11.0 Å². The minimum Gasteiger partial charge on any atom is -0.490 e. The van der Waals surface area contributed by atoms with Crippen LogP contribution >= 0.6 is 11.6 Å². The Labute approximate surface area is 157 Å². The predicted molar refractivity (Wildman–Crippen MR) is 103 cm³/mol. The van der Waals surface area contributed by atoms with Gasteiger partial charge in [-0.15, -0.1) is 0 Å². The maximum atomic E-state index is 6.21. The summed E-state index contributed by atoms with van der Waals surface area (Å²) < 4.78 is 8.08. The summed E-state index contributed by atoms with van der Waals surface area (Å²) in [6.45, 7) is 5.64. The molecule has 0 spiro atoms. The highest BCUT2D eigenvalue weighted by Crippen LogP contribution is 2.28. The quantitative estimate of drug-likeness (QED) is 0.657. The van der Waals surface area contributed by atoms with E-state index >= 15 is 0 Å². The molecule has 0 radical (unpaired) electrons. The van der Waals surface area contributed by atoms with Crippen molar-refractivity contribution >= 4 is 28.3 Å². The number of hydrogen-bond acceptors (Lipinski definition) is 5. The molecule has 1 saturated heterocycles. The third-order valence-corrected chi connectivity index (χ3v) is 5.30. The van der Waals surface area contributed by atoms with Crippen LogP contribution in [0.15, 0.2) is 24.4 Å². The number of nitrogens with zero attached hydrogens (tertiary/aromatic N) is 5. The molecule has 0 atom stereocenters. The SMILES string of the molecule is Cc1nc(Cl)c(C)c(N2CCC(Oc3ccc4c(cnn4C)c3)CC2)n1. The lowest BCUT2D eigenvalue weighted by molar-refractivity contribution is 0.171. The van der Waals surface area contributed by atoms with Crippen molar-refractivity contribution in [1.29, 1.82) is 0 Å². The smallest absolute Gasteiger partial charge is 0.137 e. The Balaban J connectivity index is 1.43. The van der Waals surface area contributed by atoms with Gasteiger partial charge in [0.05, 0.1) is 11.7 Å². The minimum absolute atomic E-state index is 0.207. The summed E-state index contributed by atoms with van der Waals surface area (Å²) in [6.07, 6.45) is 3.98. The normalized spacial score (nSPS) is 15.6. The molecule has 1 fully saturated rings. The number of ether oxygens (including phenoxy) is 1. The van der Waals surface area contributed by atoms with Gasteiger partial charge in [-0.2, -0.15) is 5.10 Å². The Morgan fingerprint density at radius 1 is 1.15 bits per heavy atom. The van der Waals surface area contributed by atoms with Crippen molar-refractivity contribution in [3.05, 3.63) is 40.9 Å². The van der Waals surface area contributed by atoms with Crippen molar-refractivity contribution in [2.75, 3.05) is 18.0 Å². The summed E-state index contributed by atoms with van der Waals surface area (Å²) >= 11 is 6.21. The van der Waals surface area contributed by atoms with Gasteiger partial charge in [-0.25, -0.2) is 9.97 Å². The molecule has 3 aromatic rings. The molecule has 0 unspecified atom stereocenters. The number of halogens is 1. The number of rotatable bonds is 3. The molecule has 0 amide bonds. The Hall–Kier alpha value is -2.34. The zero-order chi connectivity index (χ0) is 18.3. The highest BCUT2D eigenvalue weighted by Gasteiger charge is 2.24. The number of aromatic nitrogens is 4. The molecule has 4 rings (SSSR count). The lowest BCUT2D eigenvalue weighted by atomic mass is 10.1. The Kier molecular flexibility index (Phi) is 4.44. The van der Waals surface area contributed by atoms with E-state index in [4.69, 9.17) is 16.3 Å². The third kappa shape index (κ3) is 3.21. The molecule has 1 aromatic carbocycles. The van der Waals surface area contributed by atoms with E-state index < -0.39 is 0 Å². The fraction of sp³-hybridized carbons (Fsp3) is 0.421. The lowest BCUT2D eigenvalue weighted by Gasteiger charge is -2.33. The first-order valence-corrected chi connectivity index (χ1v) is 9.23. The molecular formula is C19H22ClN5O. The largest absolute Gasteiger partial charge is 0.490 e. The number of anilines is 1. The minimum atomic E-state index is 0.207. The van der Waals surface area contributed by atoms with Crippen molar-refractivity contribution in [3.8, 4) is 5.75 Å². The molecular weight excluding hydrogens is 350 g/mol. The summed E-state index contributed by atoms with van der Waals surface area (Å²) in [5.74, 6) is 2.55. The second kappa shape index (κ2) is 6.76. The second-order valence-corrected chi connectivity index (χ2v) is 7.16. The lowest BCUT2D eigenvalue weighted by Crippen LogP contribution is -2.39. The van der Waals surface area contributed by atoms with Gasteiger partial charge < -0.3 is 9.64 Å². The van der Waals surface area contributed by atoms with E-state index in [1.807, 2.05) is 37.8 Å². The summed E-state index contributed by atoms with van der Waals surface area (Å²) in [4.78, 5) is 11.1. The number of piperidine rings is 1. The highest BCUT2D eigenvalue weighted by molar-refractivity contribution is 6.30. The number of hydrogen-bond donors (Lipinski definition) is 0. The number of aryl methyl sites for hydroxylation is 2. The average Bonchev–Trinajstić information content (AvgIpc) is 2.99. The van der Waals surface area contributed by atoms with E-state index in [1.165, 1.54) is 0 Å². The van der Waals surface area contributed by atoms with Crippen LogP contribution in [0.1, 0.15) is 24.2 Å². The van der Waals surface area contributed by atoms with Crippen LogP contribution in [0.3, 0.4) is 0 Å². The number of benzene rings is 1. The summed E-state index contributed by atoms with van der Waals surface area (Å²) in [6, 6.07) is 6.14. The number of fused-ring (bicyclic) bond motifs is 1. The van der Waals surface area contributed by atoms with Crippen LogP contribution in [0.2, 0.25) is 5.15 Å². The standard InChI is InChI=1S/C19H22ClN5O/c1-12-18(20)22-13(2)23-19(12)25-8-6-15(7-9-25)26-16-4-5-17-14(10-16)11-21-24(17)3/h4-5,10-11,15H,6-9H2,1-3H3. The monoisotopic (exact) mass is 371 g/mol. The third-order valence-electron chi connectivity index (χ3n) is 4.93. The molecule has 1 aliphatic heterocycles. The van der Waals surface area contributed by atoms with Crippen molar-refractivity contribution in [1.82, 2.24) is 19.7 Å². The van der Waals surface area contributed by atoms with E-state index in [0.717, 1.165) is 54.0 Å². The summed E-state index contributed by atoms with van der Waals surface area (Å²) in [5, 5.41) is 5.92. The zero-order valence-electron chi connectivity index (χ0n) is 15.2. The van der Waals surface area contributed by atoms with Gasteiger partial charge in [-0.3, -0.25) is 4.68 Å². The molecule has 1 aliphatic rings. The van der Waals surface area contributed by atoms with Crippen LogP contribution in [-0.2, 0) is 7.05 Å². The van der Waals surface area contributed by atoms with Crippen molar-refractivity contribution in [2.45, 2.75) is 32.8 Å². The summed E-state index contributed by atoms with van der Waals surface area (Å²) in [7, 11) is 1.95. The molecule has 0 N–H and O–H groups in total. The van der Waals surface area contributed by atoms with Gasteiger partial charge in [0.15, 0.2) is 0 Å². The van der Waals surface area contributed by atoms with Crippen LogP contribution < -0.4 is 9.64 Å². The van der Waals surface area contributed by atoms with E-state index in [1.54, 1.807) is 0 Å². The average molecular weight is 372 g/mol. The molecule has 6 nitrogen and oxygen atoms in total. The maximum Gasteiger partial charge on any atom is 0.137 e. The first kappa shape index (κ1) is 17.1. The fourth-order valence-corrected chi connectivity index (χ4v) is 3.69. The van der Waals surface area contributed by atoms with Gasteiger partial charge in [0.1, 0.15) is 28.6 Å². The summed E-state index contributed by atoms with van der Waals surface area (Å²) in [5.41, 5.74) is 2.05. The molecule has 0 aliphatic carbocycles. The second-order valence-electron chi connectivity index (χ2n) is 6.80. The fourth-order valence-electron chi connectivity index (χ4n) is 3.48. The first-order chi connectivity index (χ1) is 12.5. The highest BCUT2D eigenvalue weighted by atomic mass is 35.5. The van der Waals surface area contributed by atoms with Crippen LogP contribution in [0.4, 0.5) is 5.82 Å². The van der Waals surface area contributed by atoms with E-state index in [9.17, 15) is 0 Å². The van der Waals surface area contributed by atoms with Crippen molar-refractivity contribution < 1.29 is 4.74 Å². The predicted octanol–water partition coefficient (Wildman–Crippen LogP) is 3.68. The van der Waals surface area contributed by atoms with Crippen molar-refractivity contribution in [3.63, 3.8) is 0 Å². The van der Waals surface area contributed by atoms with Crippen LogP contribution in [-0.4, -0.2) is 38.9 Å². The van der Waals surface area contributed by atoms with Gasteiger partial charge >= 0.3 is 0 Å². The van der Waals surface area contributed by atoms with Gasteiger partial charge in [-0.1, -0.05) is 11.6 Å². The van der Waals surface area contributed by atoms with Gasteiger partial charge in [-0.05, 0) is 32.0 Å². The maximum absolute atomic E-state index is 6.21. The van der Waals surface area contributed by atoms with Crippen LogP contribution in [0, 0.1) is 13.8 Å². The zero-order valence-corrected chi connectivity index (χ0v) is 16.0. The van der Waals surface area contributed by atoms with Crippen LogP contribution in [0.25, 0.3) is 10.9 Å². The Morgan fingerprint density at radius 2 is 1.92 bits per heavy atom. The molecule has 3 heterocycles. The molecule has 136 valence electrons. The Bertz CT molecular complexity index is 946. The topological polar surface area (TPSA) is 56.1 Å². The molecule has 0 bridgehead atoms. The first-order valence-electron chi connectivity index (χ1n) is 8.85. The van der Waals surface area contributed by atoms with Crippen LogP contribution in [0.5, 0.6) is 5.75 Å². The molecule has 7 heteroatoms. The van der Waals surface area contributed by atoms with Gasteiger partial charge in [0.25, 0.3) is 0 Å². The van der Waals surface area contributed by atoms with Crippen molar-refractivity contribution in [2.24, 2.45) is 7.05 Å². The molecule has 0 saturated carbocycles.